The predicted molar refractivity (Wildman–Crippen MR) is 200 cm³/mol. The van der Waals surface area contributed by atoms with Crippen molar-refractivity contribution in [2.45, 2.75) is 245 Å². The Hall–Kier alpha value is -0.660. The lowest BCUT2D eigenvalue weighted by molar-refractivity contribution is 0.136. The Kier molecular flexibility index (Phi) is 31.7. The van der Waals surface area contributed by atoms with Gasteiger partial charge in [0.15, 0.2) is 0 Å². The molecule has 1 rings (SSSR count). The van der Waals surface area contributed by atoms with Crippen molar-refractivity contribution in [3.05, 3.63) is 12.4 Å². The molecule has 2 heteroatoms. The van der Waals surface area contributed by atoms with E-state index in [9.17, 15) is 0 Å². The second-order valence-electron chi connectivity index (χ2n) is 14.6. The monoisotopic (exact) mass is 617 g/mol. The molecule has 0 aromatic heterocycles. The molecule has 0 radical (unpaired) electrons. The second-order valence-corrected chi connectivity index (χ2v) is 14.6. The highest BCUT2D eigenvalue weighted by Gasteiger charge is 2.24. The van der Waals surface area contributed by atoms with Gasteiger partial charge in [-0.15, -0.1) is 0 Å². The van der Waals surface area contributed by atoms with E-state index >= 15 is 0 Å². The van der Waals surface area contributed by atoms with Crippen LogP contribution < -0.4 is 0 Å². The van der Waals surface area contributed by atoms with E-state index in [4.69, 9.17) is 0 Å². The number of nitrogens with zero attached hydrogens (tertiary/aromatic N) is 2. The fourth-order valence-electron chi connectivity index (χ4n) is 7.22. The van der Waals surface area contributed by atoms with Crippen LogP contribution in [0.5, 0.6) is 0 Å². The lowest BCUT2D eigenvalue weighted by atomic mass is 10.0. The van der Waals surface area contributed by atoms with E-state index in [1.54, 1.807) is 0 Å². The van der Waals surface area contributed by atoms with Crippen LogP contribution in [-0.4, -0.2) is 29.1 Å². The predicted octanol–water partition coefficient (Wildman–Crippen LogP) is 14.7. The topological polar surface area (TPSA) is 6.48 Å². The lowest BCUT2D eigenvalue weighted by Gasteiger charge is -2.33. The third kappa shape index (κ3) is 25.5. The molecular formula is C42H84N2. The van der Waals surface area contributed by atoms with Crippen LogP contribution in [0.1, 0.15) is 239 Å². The van der Waals surface area contributed by atoms with Crippen molar-refractivity contribution in [2.24, 2.45) is 0 Å². The molecule has 0 N–H and O–H groups in total. The Morgan fingerprint density at radius 3 is 0.864 bits per heavy atom. The van der Waals surface area contributed by atoms with Gasteiger partial charge in [-0.05, 0) is 25.7 Å². The summed E-state index contributed by atoms with van der Waals surface area (Å²) < 4.78 is 0. The van der Waals surface area contributed by atoms with Crippen LogP contribution in [0.2, 0.25) is 0 Å². The molecule has 262 valence electrons. The molecule has 0 spiro atoms. The Morgan fingerprint density at radius 2 is 0.545 bits per heavy atom. The molecule has 44 heavy (non-hydrogen) atoms. The summed E-state index contributed by atoms with van der Waals surface area (Å²) in [5.74, 6) is 0. The van der Waals surface area contributed by atoms with Crippen molar-refractivity contribution in [1.29, 1.82) is 0 Å². The molecule has 1 aliphatic rings. The van der Waals surface area contributed by atoms with Gasteiger partial charge in [0, 0.05) is 25.5 Å². The van der Waals surface area contributed by atoms with Crippen LogP contribution in [0.25, 0.3) is 0 Å². The van der Waals surface area contributed by atoms with Gasteiger partial charge in [0.25, 0.3) is 0 Å². The average molecular weight is 617 g/mol. The van der Waals surface area contributed by atoms with Gasteiger partial charge >= 0.3 is 0 Å². The molecule has 1 unspecified atom stereocenters. The number of rotatable bonds is 36. The molecule has 0 fully saturated rings. The van der Waals surface area contributed by atoms with Crippen LogP contribution >= 0.6 is 0 Å². The summed E-state index contributed by atoms with van der Waals surface area (Å²) >= 11 is 0. The van der Waals surface area contributed by atoms with E-state index in [1.807, 2.05) is 0 Å². The van der Waals surface area contributed by atoms with E-state index in [-0.39, 0.29) is 0 Å². The zero-order chi connectivity index (χ0) is 31.6. The summed E-state index contributed by atoms with van der Waals surface area (Å²) in [4.78, 5) is 5.36. The minimum absolute atomic E-state index is 0.639. The van der Waals surface area contributed by atoms with E-state index in [0.29, 0.717) is 6.17 Å². The molecule has 0 aromatic rings. The standard InChI is InChI=1S/C42H84N2/c1-4-7-10-12-14-16-18-20-22-24-26-28-30-32-34-36-39-44-41-40-43(38-9-6-3)42(44)37-35-33-31-29-27-25-23-21-19-17-15-13-11-8-5-2/h40-42H,4-39H2,1-3H3. The molecule has 0 saturated carbocycles. The van der Waals surface area contributed by atoms with Crippen molar-refractivity contribution >= 4 is 0 Å². The van der Waals surface area contributed by atoms with E-state index in [0.717, 1.165) is 0 Å². The van der Waals surface area contributed by atoms with Gasteiger partial charge in [-0.2, -0.15) is 0 Å². The molecule has 2 nitrogen and oxygen atoms in total. The van der Waals surface area contributed by atoms with Gasteiger partial charge in [-0.25, -0.2) is 0 Å². The van der Waals surface area contributed by atoms with E-state index < -0.39 is 0 Å². The van der Waals surface area contributed by atoms with Gasteiger partial charge < -0.3 is 9.80 Å². The Balaban J connectivity index is 2.00. The minimum atomic E-state index is 0.639. The summed E-state index contributed by atoms with van der Waals surface area (Å²) in [6.45, 7) is 9.46. The molecule has 1 aliphatic heterocycles. The molecule has 1 heterocycles. The Labute approximate surface area is 280 Å². The first-order chi connectivity index (χ1) is 21.8. The molecule has 0 bridgehead atoms. The number of hydrogen-bond donors (Lipinski definition) is 0. The zero-order valence-electron chi connectivity index (χ0n) is 31.1. The smallest absolute Gasteiger partial charge is 0.101 e. The van der Waals surface area contributed by atoms with Crippen LogP contribution in [0.4, 0.5) is 0 Å². The SMILES string of the molecule is CCCCCCCCCCCCCCCCCCN1C=CN(CCCC)C1CCCCCCCCCCCCCCCCC. The first-order valence-corrected chi connectivity index (χ1v) is 21.0. The molecular weight excluding hydrogens is 532 g/mol. The van der Waals surface area contributed by atoms with Crippen molar-refractivity contribution < 1.29 is 0 Å². The Bertz CT molecular complexity index is 572. The maximum atomic E-state index is 2.70. The van der Waals surface area contributed by atoms with Crippen molar-refractivity contribution in [1.82, 2.24) is 9.80 Å². The van der Waals surface area contributed by atoms with Crippen LogP contribution in [-0.2, 0) is 0 Å². The highest BCUT2D eigenvalue weighted by atomic mass is 15.4. The molecule has 0 saturated heterocycles. The Morgan fingerprint density at radius 1 is 0.295 bits per heavy atom. The van der Waals surface area contributed by atoms with Crippen LogP contribution in [0.3, 0.4) is 0 Å². The van der Waals surface area contributed by atoms with Gasteiger partial charge in [0.05, 0.1) is 0 Å². The number of hydrogen-bond acceptors (Lipinski definition) is 2. The first-order valence-electron chi connectivity index (χ1n) is 21.0. The third-order valence-electron chi connectivity index (χ3n) is 10.3. The van der Waals surface area contributed by atoms with E-state index in [1.165, 1.54) is 231 Å². The largest absolute Gasteiger partial charge is 0.356 e. The van der Waals surface area contributed by atoms with Gasteiger partial charge in [-0.1, -0.05) is 213 Å². The molecule has 0 aliphatic carbocycles. The lowest BCUT2D eigenvalue weighted by Crippen LogP contribution is -2.39. The summed E-state index contributed by atoms with van der Waals surface area (Å²) in [6, 6.07) is 0. The highest BCUT2D eigenvalue weighted by Crippen LogP contribution is 2.24. The summed E-state index contributed by atoms with van der Waals surface area (Å²) in [5, 5.41) is 0. The van der Waals surface area contributed by atoms with Crippen molar-refractivity contribution in [3.63, 3.8) is 0 Å². The first kappa shape index (κ1) is 41.4. The highest BCUT2D eigenvalue weighted by molar-refractivity contribution is 4.96. The molecule has 1 atom stereocenters. The quantitative estimate of drug-likeness (QED) is 0.0646. The summed E-state index contributed by atoms with van der Waals surface area (Å²) in [5.41, 5.74) is 0. The van der Waals surface area contributed by atoms with Gasteiger partial charge in [0.1, 0.15) is 6.17 Å². The molecule has 0 aromatic carbocycles. The third-order valence-corrected chi connectivity index (χ3v) is 10.3. The van der Waals surface area contributed by atoms with E-state index in [2.05, 4.69) is 43.0 Å². The van der Waals surface area contributed by atoms with Crippen molar-refractivity contribution in [3.8, 4) is 0 Å². The fraction of sp³-hybridized carbons (Fsp3) is 0.952. The molecule has 0 amide bonds. The minimum Gasteiger partial charge on any atom is -0.356 e. The van der Waals surface area contributed by atoms with Crippen LogP contribution in [0.15, 0.2) is 12.4 Å². The van der Waals surface area contributed by atoms with Gasteiger partial charge in [-0.3, -0.25) is 0 Å². The fourth-order valence-corrected chi connectivity index (χ4v) is 7.22. The second kappa shape index (κ2) is 33.7. The average Bonchev–Trinajstić information content (AvgIpc) is 3.42. The van der Waals surface area contributed by atoms with Crippen molar-refractivity contribution in [2.75, 3.05) is 13.1 Å². The normalized spacial score (nSPS) is 14.8. The maximum absolute atomic E-state index is 2.70. The number of unbranched alkanes of at least 4 members (excludes halogenated alkanes) is 30. The maximum Gasteiger partial charge on any atom is 0.101 e. The zero-order valence-corrected chi connectivity index (χ0v) is 31.1. The van der Waals surface area contributed by atoms with Crippen LogP contribution in [0, 0.1) is 0 Å². The van der Waals surface area contributed by atoms with Gasteiger partial charge in [0.2, 0.25) is 0 Å². The summed E-state index contributed by atoms with van der Waals surface area (Å²) in [6.07, 6.45) is 54.5. The summed E-state index contributed by atoms with van der Waals surface area (Å²) in [7, 11) is 0.